The maximum absolute atomic E-state index is 11.7. The second-order valence-corrected chi connectivity index (χ2v) is 5.73. The molecular weight excluding hydrogens is 264 g/mol. The molecule has 1 saturated heterocycles. The smallest absolute Gasteiger partial charge is 0.234 e. The van der Waals surface area contributed by atoms with Gasteiger partial charge in [-0.1, -0.05) is 6.92 Å². The van der Waals surface area contributed by atoms with Crippen LogP contribution in [-0.4, -0.2) is 48.0 Å². The second-order valence-electron chi connectivity index (χ2n) is 5.73. The summed E-state index contributed by atoms with van der Waals surface area (Å²) in [7, 11) is 0. The van der Waals surface area contributed by atoms with Gasteiger partial charge in [0.2, 0.25) is 5.91 Å². The van der Waals surface area contributed by atoms with Gasteiger partial charge in [0.1, 0.15) is 0 Å². The van der Waals surface area contributed by atoms with Gasteiger partial charge in [-0.15, -0.1) is 0 Å². The molecule has 0 bridgehead atoms. The molecule has 2 heterocycles. The Balaban J connectivity index is 1.72. The first-order valence-electron chi connectivity index (χ1n) is 7.85. The number of nitrogens with zero attached hydrogens (tertiary/aromatic N) is 2. The molecule has 1 aliphatic rings. The minimum atomic E-state index is 0.146. The number of amides is 1. The Kier molecular flexibility index (Phi) is 5.99. The van der Waals surface area contributed by atoms with Gasteiger partial charge in [0, 0.05) is 43.3 Å². The van der Waals surface area contributed by atoms with Crippen molar-refractivity contribution in [1.29, 1.82) is 0 Å². The van der Waals surface area contributed by atoms with Crippen LogP contribution in [0.1, 0.15) is 31.9 Å². The van der Waals surface area contributed by atoms with Crippen LogP contribution < -0.4 is 10.6 Å². The number of anilines is 1. The summed E-state index contributed by atoms with van der Waals surface area (Å²) < 4.78 is 0. The third-order valence-electron chi connectivity index (χ3n) is 3.79. The lowest BCUT2D eigenvalue weighted by Crippen LogP contribution is -2.44. The Morgan fingerprint density at radius 2 is 2.19 bits per heavy atom. The van der Waals surface area contributed by atoms with E-state index >= 15 is 0 Å². The zero-order chi connectivity index (χ0) is 15.1. The van der Waals surface area contributed by atoms with Crippen LogP contribution in [0.3, 0.4) is 0 Å². The summed E-state index contributed by atoms with van der Waals surface area (Å²) in [5.74, 6) is 0.146. The molecule has 21 heavy (non-hydrogen) atoms. The monoisotopic (exact) mass is 290 g/mol. The topological polar surface area (TPSA) is 57.3 Å². The van der Waals surface area contributed by atoms with Gasteiger partial charge >= 0.3 is 0 Å². The first-order chi connectivity index (χ1) is 10.2. The highest BCUT2D eigenvalue weighted by molar-refractivity contribution is 5.77. The van der Waals surface area contributed by atoms with Gasteiger partial charge in [-0.3, -0.25) is 14.7 Å². The summed E-state index contributed by atoms with van der Waals surface area (Å²) in [6, 6.07) is 4.57. The molecule has 0 saturated carbocycles. The van der Waals surface area contributed by atoms with Gasteiger partial charge in [-0.25, -0.2) is 0 Å². The lowest BCUT2D eigenvalue weighted by atomic mass is 10.0. The molecule has 5 heteroatoms. The Bertz CT molecular complexity index is 455. The van der Waals surface area contributed by atoms with E-state index in [-0.39, 0.29) is 5.91 Å². The second kappa shape index (κ2) is 7.98. The van der Waals surface area contributed by atoms with Crippen LogP contribution >= 0.6 is 0 Å². The van der Waals surface area contributed by atoms with E-state index in [0.717, 1.165) is 50.3 Å². The van der Waals surface area contributed by atoms with Crippen LogP contribution in [0.4, 0.5) is 5.69 Å². The molecule has 1 aromatic heterocycles. The van der Waals surface area contributed by atoms with E-state index in [0.29, 0.717) is 12.6 Å². The highest BCUT2D eigenvalue weighted by Crippen LogP contribution is 2.16. The lowest BCUT2D eigenvalue weighted by Gasteiger charge is -2.32. The molecule has 2 N–H and O–H groups in total. The average Bonchev–Trinajstić information content (AvgIpc) is 2.47. The van der Waals surface area contributed by atoms with Crippen molar-refractivity contribution in [2.45, 2.75) is 39.2 Å². The van der Waals surface area contributed by atoms with Crippen molar-refractivity contribution in [1.82, 2.24) is 15.2 Å². The molecule has 5 nitrogen and oxygen atoms in total. The summed E-state index contributed by atoms with van der Waals surface area (Å²) in [5.41, 5.74) is 2.17. The van der Waals surface area contributed by atoms with Gasteiger partial charge in [-0.05, 0) is 38.3 Å². The molecule has 0 atom stereocenters. The summed E-state index contributed by atoms with van der Waals surface area (Å²) in [4.78, 5) is 18.2. The molecule has 0 aliphatic carbocycles. The number of carbonyl (C=O) groups excluding carboxylic acids is 1. The van der Waals surface area contributed by atoms with Gasteiger partial charge in [0.15, 0.2) is 0 Å². The number of pyridine rings is 1. The van der Waals surface area contributed by atoms with E-state index in [1.165, 1.54) is 0 Å². The molecule has 1 fully saturated rings. The van der Waals surface area contributed by atoms with Crippen molar-refractivity contribution in [2.24, 2.45) is 0 Å². The summed E-state index contributed by atoms with van der Waals surface area (Å²) in [5, 5.41) is 6.50. The molecular formula is C16H26N4O. The molecule has 0 spiro atoms. The predicted octanol–water partition coefficient (Wildman–Crippen LogP) is 1.79. The number of aryl methyl sites for hydroxylation is 1. The van der Waals surface area contributed by atoms with Crippen molar-refractivity contribution in [3.63, 3.8) is 0 Å². The van der Waals surface area contributed by atoms with Gasteiger partial charge in [-0.2, -0.15) is 0 Å². The van der Waals surface area contributed by atoms with Crippen molar-refractivity contribution >= 4 is 11.6 Å². The van der Waals surface area contributed by atoms with Crippen molar-refractivity contribution in [3.05, 3.63) is 24.0 Å². The molecule has 0 aromatic carbocycles. The minimum Gasteiger partial charge on any atom is -0.382 e. The highest BCUT2D eigenvalue weighted by Gasteiger charge is 2.20. The Labute approximate surface area is 127 Å². The number of rotatable bonds is 6. The molecule has 2 rings (SSSR count). The maximum Gasteiger partial charge on any atom is 0.234 e. The number of carbonyl (C=O) groups is 1. The minimum absolute atomic E-state index is 0.146. The Morgan fingerprint density at radius 1 is 1.43 bits per heavy atom. The van der Waals surface area contributed by atoms with E-state index in [1.54, 1.807) is 0 Å². The molecule has 1 aromatic rings. The zero-order valence-corrected chi connectivity index (χ0v) is 13.1. The summed E-state index contributed by atoms with van der Waals surface area (Å²) in [6.07, 6.45) is 4.97. The van der Waals surface area contributed by atoms with E-state index in [4.69, 9.17) is 0 Å². The summed E-state index contributed by atoms with van der Waals surface area (Å²) in [6.45, 7) is 7.32. The number of aromatic nitrogens is 1. The number of nitrogens with one attached hydrogen (secondary N) is 2. The highest BCUT2D eigenvalue weighted by atomic mass is 16.2. The van der Waals surface area contributed by atoms with Crippen LogP contribution in [-0.2, 0) is 4.79 Å². The van der Waals surface area contributed by atoms with E-state index in [2.05, 4.69) is 33.5 Å². The fourth-order valence-corrected chi connectivity index (χ4v) is 2.63. The third kappa shape index (κ3) is 5.34. The van der Waals surface area contributed by atoms with Crippen molar-refractivity contribution in [2.75, 3.05) is 31.5 Å². The number of piperidine rings is 1. The van der Waals surface area contributed by atoms with E-state index in [9.17, 15) is 4.79 Å². The third-order valence-corrected chi connectivity index (χ3v) is 3.79. The zero-order valence-electron chi connectivity index (χ0n) is 13.1. The standard InChI is InChI=1S/C16H26N4O/c1-3-7-18-16(21)12-20-9-5-14(6-10-20)19-15-4-8-17-13(2)11-15/h4,8,11,14H,3,5-7,9-10,12H2,1-2H3,(H,17,19)(H,18,21). The number of likely N-dealkylation sites (tertiary alicyclic amines) is 1. The Morgan fingerprint density at radius 3 is 2.86 bits per heavy atom. The van der Waals surface area contributed by atoms with Gasteiger partial charge < -0.3 is 10.6 Å². The fourth-order valence-electron chi connectivity index (χ4n) is 2.63. The van der Waals surface area contributed by atoms with Crippen LogP contribution in [0.15, 0.2) is 18.3 Å². The molecule has 1 amide bonds. The van der Waals surface area contributed by atoms with Crippen molar-refractivity contribution < 1.29 is 4.79 Å². The fraction of sp³-hybridized carbons (Fsp3) is 0.625. The van der Waals surface area contributed by atoms with Crippen LogP contribution in [0.5, 0.6) is 0 Å². The van der Waals surface area contributed by atoms with Gasteiger partial charge in [0.25, 0.3) is 0 Å². The van der Waals surface area contributed by atoms with Gasteiger partial charge in [0.05, 0.1) is 6.54 Å². The van der Waals surface area contributed by atoms with Crippen LogP contribution in [0.2, 0.25) is 0 Å². The molecule has 116 valence electrons. The lowest BCUT2D eigenvalue weighted by molar-refractivity contribution is -0.122. The van der Waals surface area contributed by atoms with Crippen molar-refractivity contribution in [3.8, 4) is 0 Å². The number of hydrogen-bond donors (Lipinski definition) is 2. The normalized spacial score (nSPS) is 16.7. The van der Waals surface area contributed by atoms with Crippen LogP contribution in [0.25, 0.3) is 0 Å². The molecule has 0 unspecified atom stereocenters. The Hall–Kier alpha value is -1.62. The van der Waals surface area contributed by atoms with E-state index < -0.39 is 0 Å². The first kappa shape index (κ1) is 15.8. The summed E-state index contributed by atoms with van der Waals surface area (Å²) >= 11 is 0. The first-order valence-corrected chi connectivity index (χ1v) is 7.85. The SMILES string of the molecule is CCCNC(=O)CN1CCC(Nc2ccnc(C)c2)CC1. The average molecular weight is 290 g/mol. The predicted molar refractivity (Wildman–Crippen MR) is 85.4 cm³/mol. The van der Waals surface area contributed by atoms with Crippen LogP contribution in [0, 0.1) is 6.92 Å². The van der Waals surface area contributed by atoms with E-state index in [1.807, 2.05) is 19.2 Å². The largest absolute Gasteiger partial charge is 0.382 e. The maximum atomic E-state index is 11.7. The molecule has 1 aliphatic heterocycles. The number of hydrogen-bond acceptors (Lipinski definition) is 4. The quantitative estimate of drug-likeness (QED) is 0.839. The molecule has 0 radical (unpaired) electrons.